The average Bonchev–Trinajstić information content (AvgIpc) is 3.38. The topological polar surface area (TPSA) is 125 Å². The third-order valence-corrected chi connectivity index (χ3v) is 7.61. The maximum absolute atomic E-state index is 13.4. The van der Waals surface area contributed by atoms with Crippen LogP contribution in [0.5, 0.6) is 0 Å². The van der Waals surface area contributed by atoms with Gasteiger partial charge in [-0.3, -0.25) is 23.9 Å². The van der Waals surface area contributed by atoms with Gasteiger partial charge in [0.25, 0.3) is 5.91 Å². The number of halogens is 3. The molecule has 0 aromatic carbocycles. The minimum Gasteiger partial charge on any atom is -0.383 e. The molecule has 5 atom stereocenters. The van der Waals surface area contributed by atoms with Crippen LogP contribution >= 0.6 is 0 Å². The van der Waals surface area contributed by atoms with Gasteiger partial charge in [-0.2, -0.15) is 0 Å². The second-order valence-corrected chi connectivity index (χ2v) is 11.1. The van der Waals surface area contributed by atoms with E-state index in [2.05, 4.69) is 15.4 Å². The number of alkyl halides is 3. The van der Waals surface area contributed by atoms with Gasteiger partial charge in [-0.15, -0.1) is 13.2 Å². The number of carbonyl (C=O) groups is 4. The largest absolute Gasteiger partial charge is 0.522 e. The van der Waals surface area contributed by atoms with Crippen LogP contribution in [0.1, 0.15) is 65.2 Å². The van der Waals surface area contributed by atoms with E-state index in [4.69, 9.17) is 0 Å². The van der Waals surface area contributed by atoms with E-state index in [1.165, 1.54) is 4.90 Å². The molecule has 0 bridgehead atoms. The summed E-state index contributed by atoms with van der Waals surface area (Å²) in [5, 5.41) is 15.6. The molecule has 0 radical (unpaired) electrons. The predicted molar refractivity (Wildman–Crippen MR) is 126 cm³/mol. The summed E-state index contributed by atoms with van der Waals surface area (Å²) in [5.41, 5.74) is 0. The molecule has 37 heavy (non-hydrogen) atoms. The fourth-order valence-electron chi connectivity index (χ4n) is 5.47. The molecule has 3 rings (SSSR count). The molecule has 0 aromatic rings. The molecule has 3 aliphatic rings. The first-order valence-corrected chi connectivity index (χ1v) is 13.1. The predicted octanol–water partition coefficient (Wildman–Crippen LogP) is 1.92. The standard InChI is InChI=1S/C25H38F3N3O6/c1-14(2)8-20(32)24(36)31-12-16(9-15-4-3-5-15)10-19(31)23(35)30-18(11-17-6-7-29-22(17)34)21(33)13-37-25(26,27)28/h14-20,32H,3-13H2,1-2H3,(H,29,34)(H,30,35)/t16-,17-,18-,19?,20+/m0/s1. The van der Waals surface area contributed by atoms with E-state index in [1.807, 2.05) is 13.8 Å². The van der Waals surface area contributed by atoms with Crippen LogP contribution in [0.25, 0.3) is 0 Å². The molecule has 2 saturated heterocycles. The zero-order chi connectivity index (χ0) is 27.3. The molecule has 3 amide bonds. The highest BCUT2D eigenvalue weighted by Gasteiger charge is 2.44. The molecule has 2 heterocycles. The van der Waals surface area contributed by atoms with Crippen molar-refractivity contribution in [1.29, 1.82) is 0 Å². The summed E-state index contributed by atoms with van der Waals surface area (Å²) in [5.74, 6) is -2.61. The molecule has 12 heteroatoms. The molecule has 2 aliphatic heterocycles. The van der Waals surface area contributed by atoms with Crippen LogP contribution in [-0.2, 0) is 23.9 Å². The number of ether oxygens (including phenoxy) is 1. The number of hydrogen-bond donors (Lipinski definition) is 3. The first kappa shape index (κ1) is 29.3. The second kappa shape index (κ2) is 12.6. The summed E-state index contributed by atoms with van der Waals surface area (Å²) in [6.07, 6.45) is -1.34. The Morgan fingerprint density at radius 1 is 1.19 bits per heavy atom. The number of amides is 3. The monoisotopic (exact) mass is 533 g/mol. The summed E-state index contributed by atoms with van der Waals surface area (Å²) in [7, 11) is 0. The molecule has 1 saturated carbocycles. The number of rotatable bonds is 12. The summed E-state index contributed by atoms with van der Waals surface area (Å²) in [6, 6.07) is -2.34. The van der Waals surface area contributed by atoms with Crippen molar-refractivity contribution < 1.29 is 42.2 Å². The number of nitrogens with one attached hydrogen (secondary N) is 2. The molecule has 0 spiro atoms. The number of aliphatic hydroxyl groups excluding tert-OH is 1. The van der Waals surface area contributed by atoms with Crippen LogP contribution in [-0.4, -0.2) is 77.8 Å². The van der Waals surface area contributed by atoms with Crippen molar-refractivity contribution in [3.8, 4) is 0 Å². The van der Waals surface area contributed by atoms with Gasteiger partial charge in [-0.1, -0.05) is 33.1 Å². The van der Waals surface area contributed by atoms with Gasteiger partial charge in [0.05, 0.1) is 6.04 Å². The molecule has 3 N–H and O–H groups in total. The van der Waals surface area contributed by atoms with E-state index in [9.17, 15) is 37.5 Å². The number of nitrogens with zero attached hydrogens (tertiary/aromatic N) is 1. The Morgan fingerprint density at radius 3 is 2.43 bits per heavy atom. The van der Waals surface area contributed by atoms with E-state index in [1.54, 1.807) is 0 Å². The van der Waals surface area contributed by atoms with Crippen molar-refractivity contribution in [1.82, 2.24) is 15.5 Å². The van der Waals surface area contributed by atoms with Gasteiger partial charge in [0.1, 0.15) is 18.8 Å². The highest BCUT2D eigenvalue weighted by Crippen LogP contribution is 2.37. The molecule has 3 fully saturated rings. The normalized spacial score (nSPS) is 26.1. The number of carbonyl (C=O) groups excluding carboxylic acids is 4. The van der Waals surface area contributed by atoms with Crippen molar-refractivity contribution in [2.75, 3.05) is 19.7 Å². The van der Waals surface area contributed by atoms with E-state index >= 15 is 0 Å². The van der Waals surface area contributed by atoms with Gasteiger partial charge in [0.15, 0.2) is 5.78 Å². The average molecular weight is 534 g/mol. The van der Waals surface area contributed by atoms with Crippen LogP contribution in [0.15, 0.2) is 0 Å². The van der Waals surface area contributed by atoms with Crippen molar-refractivity contribution in [2.24, 2.45) is 23.7 Å². The molecule has 9 nitrogen and oxygen atoms in total. The summed E-state index contributed by atoms with van der Waals surface area (Å²) in [6.45, 7) is 3.10. The molecule has 210 valence electrons. The smallest absolute Gasteiger partial charge is 0.383 e. The fraction of sp³-hybridized carbons (Fsp3) is 0.840. The lowest BCUT2D eigenvalue weighted by Crippen LogP contribution is -2.53. The number of ketones is 1. The van der Waals surface area contributed by atoms with Gasteiger partial charge in [-0.05, 0) is 49.9 Å². The Hall–Kier alpha value is -2.21. The molecular formula is C25H38F3N3O6. The lowest BCUT2D eigenvalue weighted by molar-refractivity contribution is -0.321. The van der Waals surface area contributed by atoms with Crippen LogP contribution in [0, 0.1) is 23.7 Å². The summed E-state index contributed by atoms with van der Waals surface area (Å²) in [4.78, 5) is 52.5. The number of Topliss-reactive ketones (excluding diaryl/α,β-unsaturated/α-hetero) is 1. The minimum absolute atomic E-state index is 0.0413. The highest BCUT2D eigenvalue weighted by molar-refractivity contribution is 5.94. The minimum atomic E-state index is -5.02. The van der Waals surface area contributed by atoms with Crippen LogP contribution in [0.4, 0.5) is 13.2 Å². The quantitative estimate of drug-likeness (QED) is 0.352. The second-order valence-electron chi connectivity index (χ2n) is 11.1. The van der Waals surface area contributed by atoms with E-state index in [0.29, 0.717) is 31.8 Å². The molecular weight excluding hydrogens is 495 g/mol. The maximum atomic E-state index is 13.4. The Morgan fingerprint density at radius 2 is 1.89 bits per heavy atom. The SMILES string of the molecule is CC(C)C[C@@H](O)C(=O)N1C[C@@H](CC2CCC2)CC1C(=O)N[C@@H](C[C@@H]1CCNC1=O)C(=O)COC(F)(F)F. The Kier molecular flexibility index (Phi) is 9.96. The number of aliphatic hydroxyl groups is 1. The van der Waals surface area contributed by atoms with Crippen molar-refractivity contribution >= 4 is 23.5 Å². The lowest BCUT2D eigenvalue weighted by atomic mass is 9.78. The van der Waals surface area contributed by atoms with Crippen LogP contribution in [0.3, 0.4) is 0 Å². The van der Waals surface area contributed by atoms with Crippen molar-refractivity contribution in [3.63, 3.8) is 0 Å². The van der Waals surface area contributed by atoms with Gasteiger partial charge >= 0.3 is 6.36 Å². The van der Waals surface area contributed by atoms with E-state index in [-0.39, 0.29) is 30.6 Å². The maximum Gasteiger partial charge on any atom is 0.522 e. The lowest BCUT2D eigenvalue weighted by Gasteiger charge is -2.29. The summed E-state index contributed by atoms with van der Waals surface area (Å²) >= 11 is 0. The Balaban J connectivity index is 1.74. The summed E-state index contributed by atoms with van der Waals surface area (Å²) < 4.78 is 41.3. The third kappa shape index (κ3) is 8.39. The number of hydrogen-bond acceptors (Lipinski definition) is 6. The number of likely N-dealkylation sites (tertiary alicyclic amines) is 1. The first-order chi connectivity index (χ1) is 17.3. The third-order valence-electron chi connectivity index (χ3n) is 7.61. The van der Waals surface area contributed by atoms with E-state index < -0.39 is 54.7 Å². The Bertz CT molecular complexity index is 848. The first-order valence-electron chi connectivity index (χ1n) is 13.1. The zero-order valence-corrected chi connectivity index (χ0v) is 21.4. The zero-order valence-electron chi connectivity index (χ0n) is 21.4. The van der Waals surface area contributed by atoms with Crippen molar-refractivity contribution in [2.45, 2.75) is 89.8 Å². The molecule has 1 aliphatic carbocycles. The van der Waals surface area contributed by atoms with Gasteiger partial charge in [0, 0.05) is 19.0 Å². The molecule has 1 unspecified atom stereocenters. The van der Waals surface area contributed by atoms with Crippen LogP contribution in [0.2, 0.25) is 0 Å². The van der Waals surface area contributed by atoms with Gasteiger partial charge in [0.2, 0.25) is 11.8 Å². The van der Waals surface area contributed by atoms with Gasteiger partial charge < -0.3 is 20.6 Å². The fourth-order valence-corrected chi connectivity index (χ4v) is 5.47. The Labute approximate surface area is 214 Å². The van der Waals surface area contributed by atoms with Crippen LogP contribution < -0.4 is 10.6 Å². The van der Waals surface area contributed by atoms with Crippen molar-refractivity contribution in [3.05, 3.63) is 0 Å². The highest BCUT2D eigenvalue weighted by atomic mass is 19.4. The van der Waals surface area contributed by atoms with E-state index in [0.717, 1.165) is 25.7 Å². The van der Waals surface area contributed by atoms with Gasteiger partial charge in [-0.25, -0.2) is 0 Å². The molecule has 0 aromatic heterocycles.